The number of hydrogen-bond donors (Lipinski definition) is 1. The summed E-state index contributed by atoms with van der Waals surface area (Å²) in [6.45, 7) is 3.37. The molecule has 0 heterocycles. The molecule has 0 aliphatic rings. The first-order valence-electron chi connectivity index (χ1n) is 2.90. The Hall–Kier alpha value is -1.42. The van der Waals surface area contributed by atoms with Crippen molar-refractivity contribution in [2.24, 2.45) is 0 Å². The van der Waals surface area contributed by atoms with Crippen molar-refractivity contribution < 1.29 is 5.11 Å². The van der Waals surface area contributed by atoms with Gasteiger partial charge in [0.2, 0.25) is 0 Å². The van der Waals surface area contributed by atoms with E-state index in [1.165, 1.54) is 0 Å². The lowest BCUT2D eigenvalue weighted by molar-refractivity contribution is 0.475. The van der Waals surface area contributed by atoms with Gasteiger partial charge in [0.15, 0.2) is 0 Å². The molecule has 0 bridgehead atoms. The summed E-state index contributed by atoms with van der Waals surface area (Å²) in [7, 11) is 0. The van der Waals surface area contributed by atoms with E-state index in [1.807, 2.05) is 6.07 Å². The van der Waals surface area contributed by atoms with E-state index in [-0.39, 0.29) is 5.75 Å². The van der Waals surface area contributed by atoms with Crippen LogP contribution < -0.4 is 0 Å². The Morgan fingerprint density at radius 1 is 1.40 bits per heavy atom. The molecular formula is C9H7O. The lowest BCUT2D eigenvalue weighted by atomic mass is 10.2. The highest BCUT2D eigenvalue weighted by Crippen LogP contribution is 2.08. The van der Waals surface area contributed by atoms with Crippen LogP contribution in [0.4, 0.5) is 0 Å². The van der Waals surface area contributed by atoms with E-state index in [2.05, 4.69) is 18.8 Å². The van der Waals surface area contributed by atoms with Gasteiger partial charge in [-0.1, -0.05) is 17.9 Å². The van der Waals surface area contributed by atoms with Gasteiger partial charge in [-0.15, -0.1) is 0 Å². The number of phenols is 1. The number of hydrogen-bond acceptors (Lipinski definition) is 1. The molecule has 1 rings (SSSR count). The molecule has 0 atom stereocenters. The highest BCUT2D eigenvalue weighted by molar-refractivity contribution is 5.39. The zero-order valence-corrected chi connectivity index (χ0v) is 5.46. The summed E-state index contributed by atoms with van der Waals surface area (Å²) < 4.78 is 0. The second-order valence-corrected chi connectivity index (χ2v) is 1.85. The molecule has 0 spiro atoms. The van der Waals surface area contributed by atoms with E-state index >= 15 is 0 Å². The van der Waals surface area contributed by atoms with Gasteiger partial charge in [0.05, 0.1) is 0 Å². The van der Waals surface area contributed by atoms with Crippen LogP contribution in [-0.2, 0) is 0 Å². The van der Waals surface area contributed by atoms with Gasteiger partial charge in [-0.2, -0.15) is 0 Å². The van der Waals surface area contributed by atoms with E-state index in [0.717, 1.165) is 5.56 Å². The van der Waals surface area contributed by atoms with E-state index in [9.17, 15) is 0 Å². The molecule has 1 N–H and O–H groups in total. The van der Waals surface area contributed by atoms with Gasteiger partial charge < -0.3 is 5.11 Å². The number of rotatable bonds is 0. The predicted molar refractivity (Wildman–Crippen MR) is 40.3 cm³/mol. The first-order valence-corrected chi connectivity index (χ1v) is 2.90. The molecule has 0 aliphatic carbocycles. The van der Waals surface area contributed by atoms with Crippen LogP contribution in [0.25, 0.3) is 0 Å². The van der Waals surface area contributed by atoms with Crippen molar-refractivity contribution in [3.8, 4) is 17.6 Å². The van der Waals surface area contributed by atoms with Gasteiger partial charge in [-0.25, -0.2) is 0 Å². The van der Waals surface area contributed by atoms with Gasteiger partial charge >= 0.3 is 0 Å². The average Bonchev–Trinajstić information content (AvgIpc) is 1.88. The second-order valence-electron chi connectivity index (χ2n) is 1.85. The van der Waals surface area contributed by atoms with Crippen LogP contribution in [0.1, 0.15) is 5.56 Å². The van der Waals surface area contributed by atoms with Crippen LogP contribution in [0, 0.1) is 18.8 Å². The van der Waals surface area contributed by atoms with Crippen molar-refractivity contribution in [1.29, 1.82) is 0 Å². The first-order chi connectivity index (χ1) is 4.83. The molecular weight excluding hydrogens is 124 g/mol. The second kappa shape index (κ2) is 2.93. The van der Waals surface area contributed by atoms with Gasteiger partial charge in [-0.05, 0) is 18.2 Å². The minimum absolute atomic E-state index is 0.236. The fourth-order valence-electron chi connectivity index (χ4n) is 0.686. The van der Waals surface area contributed by atoms with E-state index in [4.69, 9.17) is 5.11 Å². The molecule has 1 heteroatoms. The molecule has 1 radical (unpaired) electrons. The molecule has 0 aromatic heterocycles. The van der Waals surface area contributed by atoms with E-state index in [0.29, 0.717) is 0 Å². The van der Waals surface area contributed by atoms with Crippen molar-refractivity contribution in [2.75, 3.05) is 0 Å². The zero-order chi connectivity index (χ0) is 7.40. The predicted octanol–water partition coefficient (Wildman–Crippen LogP) is 1.58. The lowest BCUT2D eigenvalue weighted by Gasteiger charge is -1.90. The highest BCUT2D eigenvalue weighted by atomic mass is 16.3. The molecule has 1 aromatic carbocycles. The molecule has 0 fully saturated rings. The summed E-state index contributed by atoms with van der Waals surface area (Å²) in [5.41, 5.74) is 0.787. The van der Waals surface area contributed by atoms with Crippen LogP contribution >= 0.6 is 0 Å². The van der Waals surface area contributed by atoms with E-state index in [1.54, 1.807) is 18.2 Å². The standard InChI is InChI=1S/C9H7O/c1-2-4-8-5-3-6-9(10)7-8/h3,5-7,10H,1H2. The van der Waals surface area contributed by atoms with Crippen LogP contribution in [0.3, 0.4) is 0 Å². The lowest BCUT2D eigenvalue weighted by Crippen LogP contribution is -1.70. The Morgan fingerprint density at radius 2 is 2.20 bits per heavy atom. The quantitative estimate of drug-likeness (QED) is 0.530. The van der Waals surface area contributed by atoms with Crippen molar-refractivity contribution >= 4 is 0 Å². The molecule has 0 amide bonds. The van der Waals surface area contributed by atoms with Crippen molar-refractivity contribution in [1.82, 2.24) is 0 Å². The van der Waals surface area contributed by atoms with Crippen LogP contribution in [-0.4, -0.2) is 5.11 Å². The molecule has 0 saturated carbocycles. The Kier molecular flexibility index (Phi) is 1.96. The molecule has 1 aromatic rings. The third kappa shape index (κ3) is 1.53. The van der Waals surface area contributed by atoms with Crippen molar-refractivity contribution in [3.05, 3.63) is 36.8 Å². The number of aromatic hydroxyl groups is 1. The maximum Gasteiger partial charge on any atom is 0.116 e. The van der Waals surface area contributed by atoms with Gasteiger partial charge in [0.1, 0.15) is 5.75 Å². The highest BCUT2D eigenvalue weighted by Gasteiger charge is 1.86. The monoisotopic (exact) mass is 131 g/mol. The smallest absolute Gasteiger partial charge is 0.116 e. The molecule has 10 heavy (non-hydrogen) atoms. The fourth-order valence-corrected chi connectivity index (χ4v) is 0.686. The third-order valence-corrected chi connectivity index (χ3v) is 1.08. The maximum atomic E-state index is 8.95. The molecule has 49 valence electrons. The maximum absolute atomic E-state index is 8.95. The summed E-state index contributed by atoms with van der Waals surface area (Å²) in [6, 6.07) is 6.76. The Bertz CT molecular complexity index is 278. The van der Waals surface area contributed by atoms with Gasteiger partial charge in [0.25, 0.3) is 0 Å². The summed E-state index contributed by atoms with van der Waals surface area (Å²) in [4.78, 5) is 0. The Labute approximate surface area is 60.3 Å². The number of benzene rings is 1. The summed E-state index contributed by atoms with van der Waals surface area (Å²) in [5, 5.41) is 8.95. The fraction of sp³-hybridized carbons (Fsp3) is 0. The molecule has 0 unspecified atom stereocenters. The molecule has 0 aliphatic heterocycles. The Morgan fingerprint density at radius 3 is 2.80 bits per heavy atom. The van der Waals surface area contributed by atoms with Gasteiger partial charge in [-0.3, -0.25) is 0 Å². The third-order valence-electron chi connectivity index (χ3n) is 1.08. The zero-order valence-electron chi connectivity index (χ0n) is 5.46. The average molecular weight is 131 g/mol. The normalized spacial score (nSPS) is 8.10. The Balaban J connectivity index is 3.03. The van der Waals surface area contributed by atoms with Crippen LogP contribution in [0.15, 0.2) is 24.3 Å². The van der Waals surface area contributed by atoms with Crippen molar-refractivity contribution in [3.63, 3.8) is 0 Å². The van der Waals surface area contributed by atoms with Crippen LogP contribution in [0.2, 0.25) is 0 Å². The van der Waals surface area contributed by atoms with Gasteiger partial charge in [0, 0.05) is 12.5 Å². The SMILES string of the molecule is [CH2]C#Cc1cccc(O)c1. The van der Waals surface area contributed by atoms with Crippen molar-refractivity contribution in [2.45, 2.75) is 0 Å². The number of phenolic OH excluding ortho intramolecular Hbond substituents is 1. The summed E-state index contributed by atoms with van der Waals surface area (Å²) >= 11 is 0. The molecule has 1 nitrogen and oxygen atoms in total. The largest absolute Gasteiger partial charge is 0.508 e. The first kappa shape index (κ1) is 6.70. The minimum atomic E-state index is 0.236. The summed E-state index contributed by atoms with van der Waals surface area (Å²) in [5.74, 6) is 5.46. The molecule has 0 saturated heterocycles. The van der Waals surface area contributed by atoms with E-state index < -0.39 is 0 Å². The van der Waals surface area contributed by atoms with Crippen LogP contribution in [0.5, 0.6) is 5.75 Å². The summed E-state index contributed by atoms with van der Waals surface area (Å²) in [6.07, 6.45) is 0. The minimum Gasteiger partial charge on any atom is -0.508 e. The topological polar surface area (TPSA) is 20.2 Å².